The second kappa shape index (κ2) is 6.68. The molecule has 0 unspecified atom stereocenters. The van der Waals surface area contributed by atoms with Crippen LogP contribution in [0.4, 0.5) is 5.82 Å². The Labute approximate surface area is 129 Å². The van der Waals surface area contributed by atoms with Gasteiger partial charge in [0.05, 0.1) is 6.20 Å². The number of H-pyrrole nitrogens is 1. The van der Waals surface area contributed by atoms with Crippen molar-refractivity contribution in [3.8, 4) is 0 Å². The van der Waals surface area contributed by atoms with Gasteiger partial charge in [0.15, 0.2) is 6.04 Å². The lowest BCUT2D eigenvalue weighted by molar-refractivity contribution is -0.361. The fourth-order valence-corrected chi connectivity index (χ4v) is 2.35. The van der Waals surface area contributed by atoms with E-state index in [4.69, 9.17) is 0 Å². The van der Waals surface area contributed by atoms with Crippen LogP contribution < -0.4 is 10.3 Å². The highest BCUT2D eigenvalue weighted by Gasteiger charge is 2.26. The normalized spacial score (nSPS) is 11.6. The fraction of sp³-hybridized carbons (Fsp3) is 0.0526. The molecule has 1 heterocycles. The number of ketones is 1. The first kappa shape index (κ1) is 14.0. The topological polar surface area (TPSA) is 43.2 Å². The molecular formula is C19H17N2O+. The minimum Gasteiger partial charge on any atom is -0.289 e. The molecular weight excluding hydrogens is 272 g/mol. The van der Waals surface area contributed by atoms with Crippen LogP contribution >= 0.6 is 0 Å². The molecule has 3 rings (SSSR count). The van der Waals surface area contributed by atoms with E-state index in [1.807, 2.05) is 85.1 Å². The number of pyridine rings is 1. The summed E-state index contributed by atoms with van der Waals surface area (Å²) in [4.78, 5) is 16.0. The quantitative estimate of drug-likeness (QED) is 0.730. The molecule has 1 aromatic heterocycles. The molecule has 0 amide bonds. The van der Waals surface area contributed by atoms with E-state index < -0.39 is 6.04 Å². The number of hydrogen-bond donors (Lipinski definition) is 1. The third-order valence-electron chi connectivity index (χ3n) is 3.46. The predicted octanol–water partition coefficient (Wildman–Crippen LogP) is 3.54. The number of carbonyl (C=O) groups is 1. The lowest BCUT2D eigenvalue weighted by Gasteiger charge is -2.14. The zero-order chi connectivity index (χ0) is 15.2. The number of aromatic nitrogens is 1. The van der Waals surface area contributed by atoms with E-state index in [0.29, 0.717) is 5.56 Å². The van der Waals surface area contributed by atoms with Crippen LogP contribution in [-0.4, -0.2) is 5.78 Å². The number of rotatable bonds is 5. The minimum atomic E-state index is -0.428. The number of benzene rings is 2. The third-order valence-corrected chi connectivity index (χ3v) is 3.46. The van der Waals surface area contributed by atoms with Gasteiger partial charge in [0.2, 0.25) is 5.78 Å². The van der Waals surface area contributed by atoms with Crippen LogP contribution in [0.2, 0.25) is 0 Å². The van der Waals surface area contributed by atoms with E-state index >= 15 is 0 Å². The van der Waals surface area contributed by atoms with Gasteiger partial charge in [-0.1, -0.05) is 66.7 Å². The number of hydrogen-bond acceptors (Lipinski definition) is 2. The smallest absolute Gasteiger partial charge is 0.273 e. The Hall–Kier alpha value is -2.94. The minimum absolute atomic E-state index is 0.0454. The maximum atomic E-state index is 12.9. The summed E-state index contributed by atoms with van der Waals surface area (Å²) in [6.45, 7) is 0. The van der Waals surface area contributed by atoms with Gasteiger partial charge in [0.1, 0.15) is 0 Å². The molecule has 3 heteroatoms. The second-order valence-corrected chi connectivity index (χ2v) is 4.99. The lowest BCUT2D eigenvalue weighted by Crippen LogP contribution is -2.24. The molecule has 0 radical (unpaired) electrons. The number of nitrogens with one attached hydrogen (secondary N) is 2. The number of carbonyl (C=O) groups excluding carboxylic acids is 1. The highest BCUT2D eigenvalue weighted by molar-refractivity contribution is 6.02. The maximum Gasteiger partial charge on any atom is 0.273 e. The summed E-state index contributed by atoms with van der Waals surface area (Å²) in [6.07, 6.45) is 1.83. The number of aromatic amines is 1. The number of anilines is 1. The molecule has 0 fully saturated rings. The van der Waals surface area contributed by atoms with Crippen molar-refractivity contribution in [2.24, 2.45) is 0 Å². The molecule has 1 atom stereocenters. The van der Waals surface area contributed by atoms with E-state index in [1.165, 1.54) is 0 Å². The molecule has 0 saturated heterocycles. The SMILES string of the molecule is O=C(c1ccccc1)[C@H](Nc1cccc[nH+]1)c1ccccc1. The Balaban J connectivity index is 1.95. The summed E-state index contributed by atoms with van der Waals surface area (Å²) >= 11 is 0. The monoisotopic (exact) mass is 289 g/mol. The van der Waals surface area contributed by atoms with Crippen molar-refractivity contribution < 1.29 is 9.78 Å². The zero-order valence-electron chi connectivity index (χ0n) is 12.1. The average molecular weight is 289 g/mol. The van der Waals surface area contributed by atoms with Gasteiger partial charge in [-0.25, -0.2) is 4.98 Å². The van der Waals surface area contributed by atoms with Crippen molar-refractivity contribution in [1.29, 1.82) is 0 Å². The molecule has 2 N–H and O–H groups in total. The predicted molar refractivity (Wildman–Crippen MR) is 86.6 cm³/mol. The molecule has 0 saturated carbocycles. The first-order valence-corrected chi connectivity index (χ1v) is 7.22. The maximum absolute atomic E-state index is 12.9. The van der Waals surface area contributed by atoms with Crippen LogP contribution in [0.15, 0.2) is 85.1 Å². The van der Waals surface area contributed by atoms with Crippen LogP contribution in [0.3, 0.4) is 0 Å². The van der Waals surface area contributed by atoms with Gasteiger partial charge >= 0.3 is 0 Å². The second-order valence-electron chi connectivity index (χ2n) is 4.99. The molecule has 0 bridgehead atoms. The van der Waals surface area contributed by atoms with Gasteiger partial charge in [0.25, 0.3) is 5.82 Å². The Morgan fingerprint density at radius 1 is 0.818 bits per heavy atom. The van der Waals surface area contributed by atoms with E-state index in [1.54, 1.807) is 0 Å². The summed E-state index contributed by atoms with van der Waals surface area (Å²) in [6, 6.07) is 24.4. The van der Waals surface area contributed by atoms with Crippen molar-refractivity contribution in [1.82, 2.24) is 0 Å². The van der Waals surface area contributed by atoms with Crippen molar-refractivity contribution in [2.45, 2.75) is 6.04 Å². The van der Waals surface area contributed by atoms with Crippen molar-refractivity contribution in [3.05, 3.63) is 96.2 Å². The van der Waals surface area contributed by atoms with Crippen molar-refractivity contribution in [2.75, 3.05) is 5.32 Å². The molecule has 3 nitrogen and oxygen atoms in total. The highest BCUT2D eigenvalue weighted by atomic mass is 16.1. The molecule has 3 aromatic rings. The molecule has 0 aliphatic carbocycles. The highest BCUT2D eigenvalue weighted by Crippen LogP contribution is 2.21. The largest absolute Gasteiger partial charge is 0.289 e. The van der Waals surface area contributed by atoms with E-state index in [9.17, 15) is 4.79 Å². The summed E-state index contributed by atoms with van der Waals surface area (Å²) in [5.74, 6) is 0.852. The van der Waals surface area contributed by atoms with Gasteiger partial charge in [-0.3, -0.25) is 10.1 Å². The summed E-state index contributed by atoms with van der Waals surface area (Å²) in [5, 5.41) is 3.29. The molecule has 0 aliphatic rings. The van der Waals surface area contributed by atoms with Gasteiger partial charge < -0.3 is 0 Å². The van der Waals surface area contributed by atoms with Gasteiger partial charge in [-0.05, 0) is 6.07 Å². The molecule has 108 valence electrons. The van der Waals surface area contributed by atoms with Crippen LogP contribution in [-0.2, 0) is 0 Å². The van der Waals surface area contributed by atoms with Crippen LogP contribution in [0.25, 0.3) is 0 Å². The van der Waals surface area contributed by atoms with Gasteiger partial charge in [-0.2, -0.15) is 0 Å². The first-order chi connectivity index (χ1) is 10.8. The van der Waals surface area contributed by atoms with Crippen molar-refractivity contribution in [3.63, 3.8) is 0 Å². The molecule has 2 aromatic carbocycles. The van der Waals surface area contributed by atoms with Gasteiger partial charge in [-0.15, -0.1) is 0 Å². The fourth-order valence-electron chi connectivity index (χ4n) is 2.35. The van der Waals surface area contributed by atoms with E-state index in [0.717, 1.165) is 11.4 Å². The zero-order valence-corrected chi connectivity index (χ0v) is 12.1. The summed E-state index contributed by atoms with van der Waals surface area (Å²) in [5.41, 5.74) is 1.63. The van der Waals surface area contributed by atoms with Crippen LogP contribution in [0.5, 0.6) is 0 Å². The van der Waals surface area contributed by atoms with E-state index in [2.05, 4.69) is 10.3 Å². The lowest BCUT2D eigenvalue weighted by atomic mass is 9.97. The number of Topliss-reactive ketones (excluding diaryl/α,β-unsaturated/α-hetero) is 1. The Kier molecular flexibility index (Phi) is 4.25. The average Bonchev–Trinajstić information content (AvgIpc) is 2.61. The Morgan fingerprint density at radius 3 is 2.09 bits per heavy atom. The molecule has 0 spiro atoms. The third kappa shape index (κ3) is 3.20. The Bertz CT molecular complexity index is 727. The van der Waals surface area contributed by atoms with Crippen LogP contribution in [0, 0.1) is 0 Å². The summed E-state index contributed by atoms with van der Waals surface area (Å²) < 4.78 is 0. The van der Waals surface area contributed by atoms with E-state index in [-0.39, 0.29) is 5.78 Å². The summed E-state index contributed by atoms with van der Waals surface area (Å²) in [7, 11) is 0. The van der Waals surface area contributed by atoms with Crippen molar-refractivity contribution >= 4 is 11.6 Å². The van der Waals surface area contributed by atoms with Crippen LogP contribution in [0.1, 0.15) is 22.0 Å². The Morgan fingerprint density at radius 2 is 1.45 bits per heavy atom. The first-order valence-electron chi connectivity index (χ1n) is 7.22. The molecule has 22 heavy (non-hydrogen) atoms. The standard InChI is InChI=1S/C19H16N2O/c22-19(16-11-5-2-6-12-16)18(15-9-3-1-4-10-15)21-17-13-7-8-14-20-17/h1-14,18H,(H,20,21)/p+1/t18-/m1/s1. The molecule has 0 aliphatic heterocycles. The van der Waals surface area contributed by atoms with Gasteiger partial charge in [0, 0.05) is 17.2 Å².